The second kappa shape index (κ2) is 4.16. The van der Waals surface area contributed by atoms with E-state index in [1.165, 1.54) is 12.3 Å². The zero-order valence-electron chi connectivity index (χ0n) is 10.1. The summed E-state index contributed by atoms with van der Waals surface area (Å²) >= 11 is 0. The van der Waals surface area contributed by atoms with Gasteiger partial charge in [0.1, 0.15) is 5.82 Å². The lowest BCUT2D eigenvalue weighted by atomic mass is 10.2. The van der Waals surface area contributed by atoms with Crippen molar-refractivity contribution in [1.29, 1.82) is 0 Å². The fraction of sp³-hybridized carbons (Fsp3) is 0.0769. The van der Waals surface area contributed by atoms with Gasteiger partial charge in [0.15, 0.2) is 5.65 Å². The number of hydrogen-bond acceptors (Lipinski definition) is 4. The molecule has 0 saturated heterocycles. The van der Waals surface area contributed by atoms with Gasteiger partial charge < -0.3 is 10.1 Å². The van der Waals surface area contributed by atoms with Crippen LogP contribution in [0.25, 0.3) is 22.6 Å². The first-order valence-corrected chi connectivity index (χ1v) is 5.66. The van der Waals surface area contributed by atoms with Crippen molar-refractivity contribution in [3.8, 4) is 11.4 Å². The van der Waals surface area contributed by atoms with Gasteiger partial charge >= 0.3 is 5.97 Å². The SMILES string of the molecule is Cc1cc(-c2nc3nccc(C(=O)O)c3[nH]2)ccn1. The van der Waals surface area contributed by atoms with Crippen LogP contribution in [0.2, 0.25) is 0 Å². The van der Waals surface area contributed by atoms with Gasteiger partial charge in [-0.15, -0.1) is 0 Å². The van der Waals surface area contributed by atoms with Crippen molar-refractivity contribution < 1.29 is 9.90 Å². The molecule has 3 rings (SSSR count). The molecule has 0 fully saturated rings. The standard InChI is InChI=1S/C13H10N4O2/c1-7-6-8(2-4-14-7)11-16-10-9(13(18)19)3-5-15-12(10)17-11/h2-6H,1H3,(H,18,19)(H,15,16,17). The van der Waals surface area contributed by atoms with E-state index in [1.807, 2.05) is 19.1 Å². The van der Waals surface area contributed by atoms with Crippen molar-refractivity contribution in [1.82, 2.24) is 19.9 Å². The average Bonchev–Trinajstić information content (AvgIpc) is 2.82. The van der Waals surface area contributed by atoms with Crippen LogP contribution in [0.4, 0.5) is 0 Å². The van der Waals surface area contributed by atoms with Gasteiger partial charge in [-0.05, 0) is 25.1 Å². The fourth-order valence-corrected chi connectivity index (χ4v) is 1.92. The number of nitrogens with one attached hydrogen (secondary N) is 1. The van der Waals surface area contributed by atoms with Crippen molar-refractivity contribution in [3.05, 3.63) is 41.9 Å². The maximum absolute atomic E-state index is 11.1. The number of H-pyrrole nitrogens is 1. The van der Waals surface area contributed by atoms with Crippen molar-refractivity contribution in [2.75, 3.05) is 0 Å². The van der Waals surface area contributed by atoms with E-state index in [-0.39, 0.29) is 5.56 Å². The number of carbonyl (C=O) groups is 1. The zero-order valence-corrected chi connectivity index (χ0v) is 10.1. The average molecular weight is 254 g/mol. The maximum Gasteiger partial charge on any atom is 0.338 e. The Morgan fingerprint density at radius 1 is 1.26 bits per heavy atom. The van der Waals surface area contributed by atoms with E-state index in [1.54, 1.807) is 6.20 Å². The highest BCUT2D eigenvalue weighted by Gasteiger charge is 2.13. The van der Waals surface area contributed by atoms with Gasteiger partial charge in [-0.25, -0.2) is 14.8 Å². The van der Waals surface area contributed by atoms with Crippen LogP contribution in [0.5, 0.6) is 0 Å². The molecule has 0 radical (unpaired) electrons. The third-order valence-corrected chi connectivity index (χ3v) is 2.79. The van der Waals surface area contributed by atoms with Gasteiger partial charge in [0.05, 0.1) is 11.1 Å². The van der Waals surface area contributed by atoms with Crippen molar-refractivity contribution in [3.63, 3.8) is 0 Å². The highest BCUT2D eigenvalue weighted by Crippen LogP contribution is 2.21. The van der Waals surface area contributed by atoms with Crippen LogP contribution in [0.1, 0.15) is 16.1 Å². The number of aryl methyl sites for hydroxylation is 1. The zero-order chi connectivity index (χ0) is 13.4. The largest absolute Gasteiger partial charge is 0.478 e. The van der Waals surface area contributed by atoms with Crippen molar-refractivity contribution in [2.45, 2.75) is 6.92 Å². The van der Waals surface area contributed by atoms with Gasteiger partial charge in [-0.1, -0.05) is 0 Å². The number of carboxylic acid groups (broad SMARTS) is 1. The molecule has 3 aromatic heterocycles. The summed E-state index contributed by atoms with van der Waals surface area (Å²) < 4.78 is 0. The van der Waals surface area contributed by atoms with E-state index >= 15 is 0 Å². The number of rotatable bonds is 2. The maximum atomic E-state index is 11.1. The summed E-state index contributed by atoms with van der Waals surface area (Å²) in [7, 11) is 0. The lowest BCUT2D eigenvalue weighted by Crippen LogP contribution is -1.97. The second-order valence-corrected chi connectivity index (χ2v) is 4.13. The molecule has 3 heterocycles. The molecule has 0 bridgehead atoms. The molecule has 0 amide bonds. The van der Waals surface area contributed by atoms with Crippen LogP contribution in [-0.2, 0) is 0 Å². The van der Waals surface area contributed by atoms with Crippen LogP contribution >= 0.6 is 0 Å². The summed E-state index contributed by atoms with van der Waals surface area (Å²) in [5, 5.41) is 9.12. The predicted octanol–water partition coefficient (Wildman–Crippen LogP) is 2.03. The van der Waals surface area contributed by atoms with E-state index < -0.39 is 5.97 Å². The summed E-state index contributed by atoms with van der Waals surface area (Å²) in [6.07, 6.45) is 3.12. The van der Waals surface area contributed by atoms with E-state index in [0.29, 0.717) is 17.0 Å². The first-order chi connectivity index (χ1) is 9.15. The Morgan fingerprint density at radius 3 is 2.79 bits per heavy atom. The molecule has 0 saturated carbocycles. The Labute approximate surface area is 108 Å². The number of aromatic amines is 1. The van der Waals surface area contributed by atoms with Crippen LogP contribution in [0.3, 0.4) is 0 Å². The third-order valence-electron chi connectivity index (χ3n) is 2.79. The number of aromatic nitrogens is 4. The number of hydrogen-bond donors (Lipinski definition) is 2. The molecular formula is C13H10N4O2. The molecule has 0 atom stereocenters. The topological polar surface area (TPSA) is 91.8 Å². The molecule has 6 nitrogen and oxygen atoms in total. The molecule has 6 heteroatoms. The molecule has 0 aliphatic carbocycles. The number of carboxylic acids is 1. The summed E-state index contributed by atoms with van der Waals surface area (Å²) in [6.45, 7) is 1.88. The highest BCUT2D eigenvalue weighted by atomic mass is 16.4. The van der Waals surface area contributed by atoms with E-state index in [0.717, 1.165) is 11.3 Å². The van der Waals surface area contributed by atoms with Gasteiger partial charge in [-0.2, -0.15) is 0 Å². The molecule has 2 N–H and O–H groups in total. The Balaban J connectivity index is 2.22. The van der Waals surface area contributed by atoms with Gasteiger partial charge in [0.25, 0.3) is 0 Å². The monoisotopic (exact) mass is 254 g/mol. The van der Waals surface area contributed by atoms with E-state index in [2.05, 4.69) is 19.9 Å². The number of nitrogens with zero attached hydrogens (tertiary/aromatic N) is 3. The van der Waals surface area contributed by atoms with Gasteiger partial charge in [0.2, 0.25) is 0 Å². The molecule has 0 aliphatic heterocycles. The molecule has 0 unspecified atom stereocenters. The summed E-state index contributed by atoms with van der Waals surface area (Å²) in [5.41, 5.74) is 2.70. The number of aromatic carboxylic acids is 1. The number of pyridine rings is 2. The van der Waals surface area contributed by atoms with Gasteiger partial charge in [-0.3, -0.25) is 4.98 Å². The van der Waals surface area contributed by atoms with Crippen LogP contribution in [0, 0.1) is 6.92 Å². The predicted molar refractivity (Wildman–Crippen MR) is 68.8 cm³/mol. The quantitative estimate of drug-likeness (QED) is 0.730. The first kappa shape index (κ1) is 11.3. The minimum atomic E-state index is -1.01. The minimum Gasteiger partial charge on any atom is -0.478 e. The van der Waals surface area contributed by atoms with Crippen LogP contribution in [0.15, 0.2) is 30.6 Å². The molecule has 0 aliphatic rings. The molecular weight excluding hydrogens is 244 g/mol. The minimum absolute atomic E-state index is 0.162. The second-order valence-electron chi connectivity index (χ2n) is 4.13. The molecule has 3 aromatic rings. The van der Waals surface area contributed by atoms with E-state index in [4.69, 9.17) is 5.11 Å². The number of fused-ring (bicyclic) bond motifs is 1. The molecule has 0 aromatic carbocycles. The Bertz CT molecular complexity index is 779. The lowest BCUT2D eigenvalue weighted by molar-refractivity contribution is 0.0699. The van der Waals surface area contributed by atoms with Crippen LogP contribution < -0.4 is 0 Å². The third kappa shape index (κ3) is 1.93. The molecule has 19 heavy (non-hydrogen) atoms. The fourth-order valence-electron chi connectivity index (χ4n) is 1.92. The Kier molecular flexibility index (Phi) is 2.49. The van der Waals surface area contributed by atoms with Crippen molar-refractivity contribution in [2.24, 2.45) is 0 Å². The number of imidazole rings is 1. The van der Waals surface area contributed by atoms with Gasteiger partial charge in [0, 0.05) is 23.7 Å². The molecule has 0 spiro atoms. The summed E-state index contributed by atoms with van der Waals surface area (Å²) in [6, 6.07) is 5.13. The van der Waals surface area contributed by atoms with Crippen molar-refractivity contribution >= 4 is 17.1 Å². The van der Waals surface area contributed by atoms with Crippen LogP contribution in [-0.4, -0.2) is 31.0 Å². The first-order valence-electron chi connectivity index (χ1n) is 5.66. The Morgan fingerprint density at radius 2 is 2.05 bits per heavy atom. The summed E-state index contributed by atoms with van der Waals surface area (Å²) in [4.78, 5) is 26.6. The smallest absolute Gasteiger partial charge is 0.338 e. The highest BCUT2D eigenvalue weighted by molar-refractivity contribution is 6.00. The summed E-state index contributed by atoms with van der Waals surface area (Å²) in [5.74, 6) is -0.421. The normalized spacial score (nSPS) is 10.8. The lowest BCUT2D eigenvalue weighted by Gasteiger charge is -1.97. The van der Waals surface area contributed by atoms with E-state index in [9.17, 15) is 4.79 Å². The molecule has 94 valence electrons. The Hall–Kier alpha value is -2.76.